The molecular formula is C15H12N4O2. The lowest BCUT2D eigenvalue weighted by Crippen LogP contribution is -2.03. The van der Waals surface area contributed by atoms with Gasteiger partial charge in [-0.3, -0.25) is 9.78 Å². The first-order chi connectivity index (χ1) is 10.3. The number of pyridine rings is 1. The van der Waals surface area contributed by atoms with Crippen LogP contribution in [0.1, 0.15) is 16.2 Å². The van der Waals surface area contributed by atoms with Crippen molar-refractivity contribution in [2.24, 2.45) is 0 Å². The zero-order chi connectivity index (χ0) is 14.7. The molecule has 0 N–H and O–H groups in total. The van der Waals surface area contributed by atoms with Crippen LogP contribution in [0.25, 0.3) is 5.69 Å². The van der Waals surface area contributed by atoms with Gasteiger partial charge in [0.05, 0.1) is 19.0 Å². The zero-order valence-electron chi connectivity index (χ0n) is 11.3. The number of hydrogen-bond donors (Lipinski definition) is 0. The van der Waals surface area contributed by atoms with Crippen LogP contribution in [-0.4, -0.2) is 32.9 Å². The molecule has 0 aliphatic rings. The maximum atomic E-state index is 12.2. The number of aromatic nitrogens is 4. The van der Waals surface area contributed by atoms with Crippen LogP contribution in [0, 0.1) is 0 Å². The SMILES string of the molecule is COc1ccc(-n2cc(C(=O)c3ccccn3)nn2)cc1. The van der Waals surface area contributed by atoms with Gasteiger partial charge in [-0.2, -0.15) is 0 Å². The van der Waals surface area contributed by atoms with Crippen LogP contribution in [0.4, 0.5) is 0 Å². The third-order valence-electron chi connectivity index (χ3n) is 2.96. The van der Waals surface area contributed by atoms with Crippen LogP contribution in [-0.2, 0) is 0 Å². The molecule has 0 spiro atoms. The van der Waals surface area contributed by atoms with Gasteiger partial charge in [0.15, 0.2) is 5.69 Å². The van der Waals surface area contributed by atoms with Gasteiger partial charge >= 0.3 is 0 Å². The van der Waals surface area contributed by atoms with E-state index in [0.29, 0.717) is 5.69 Å². The molecule has 2 aromatic heterocycles. The van der Waals surface area contributed by atoms with Gasteiger partial charge in [-0.05, 0) is 36.4 Å². The predicted molar refractivity (Wildman–Crippen MR) is 75.6 cm³/mol. The monoisotopic (exact) mass is 280 g/mol. The summed E-state index contributed by atoms with van der Waals surface area (Å²) in [6.45, 7) is 0. The zero-order valence-corrected chi connectivity index (χ0v) is 11.3. The van der Waals surface area contributed by atoms with Crippen LogP contribution in [0.5, 0.6) is 5.75 Å². The van der Waals surface area contributed by atoms with Gasteiger partial charge in [0.2, 0.25) is 5.78 Å². The summed E-state index contributed by atoms with van der Waals surface area (Å²) in [5.74, 6) is 0.499. The first kappa shape index (κ1) is 13.0. The van der Waals surface area contributed by atoms with E-state index in [1.165, 1.54) is 4.68 Å². The Labute approximate surface area is 121 Å². The quantitative estimate of drug-likeness (QED) is 0.683. The lowest BCUT2D eigenvalue weighted by Gasteiger charge is -2.01. The molecule has 1 aromatic carbocycles. The first-order valence-electron chi connectivity index (χ1n) is 6.30. The van der Waals surface area contributed by atoms with E-state index in [9.17, 15) is 4.79 Å². The van der Waals surface area contributed by atoms with Crippen molar-refractivity contribution < 1.29 is 9.53 Å². The number of hydrogen-bond acceptors (Lipinski definition) is 5. The highest BCUT2D eigenvalue weighted by molar-refractivity contribution is 6.06. The molecule has 0 saturated carbocycles. The molecule has 0 fully saturated rings. The Morgan fingerprint density at radius 3 is 2.57 bits per heavy atom. The van der Waals surface area contributed by atoms with Crippen LogP contribution in [0.15, 0.2) is 54.9 Å². The maximum Gasteiger partial charge on any atom is 0.233 e. The van der Waals surface area contributed by atoms with Crippen LogP contribution >= 0.6 is 0 Å². The Morgan fingerprint density at radius 2 is 1.90 bits per heavy atom. The highest BCUT2D eigenvalue weighted by Gasteiger charge is 2.14. The van der Waals surface area contributed by atoms with Crippen LogP contribution < -0.4 is 4.74 Å². The third-order valence-corrected chi connectivity index (χ3v) is 2.96. The number of nitrogens with zero attached hydrogens (tertiary/aromatic N) is 4. The number of ketones is 1. The summed E-state index contributed by atoms with van der Waals surface area (Å²) in [6, 6.07) is 12.5. The number of carbonyl (C=O) groups is 1. The molecule has 2 heterocycles. The van der Waals surface area contributed by atoms with Crippen molar-refractivity contribution in [2.45, 2.75) is 0 Å². The minimum atomic E-state index is -0.254. The van der Waals surface area contributed by atoms with Gasteiger partial charge in [-0.15, -0.1) is 5.10 Å². The normalized spacial score (nSPS) is 10.3. The molecule has 0 aliphatic carbocycles. The van der Waals surface area contributed by atoms with E-state index in [2.05, 4.69) is 15.3 Å². The number of benzene rings is 1. The number of ether oxygens (including phenoxy) is 1. The van der Waals surface area contributed by atoms with Gasteiger partial charge < -0.3 is 4.74 Å². The summed E-state index contributed by atoms with van der Waals surface area (Å²) in [7, 11) is 1.61. The van der Waals surface area contributed by atoms with Gasteiger partial charge in [0.25, 0.3) is 0 Å². The fourth-order valence-electron chi connectivity index (χ4n) is 1.86. The second kappa shape index (κ2) is 5.54. The number of rotatable bonds is 4. The van der Waals surface area contributed by atoms with Crippen molar-refractivity contribution in [1.29, 1.82) is 0 Å². The molecule has 21 heavy (non-hydrogen) atoms. The van der Waals surface area contributed by atoms with Gasteiger partial charge in [-0.1, -0.05) is 11.3 Å². The largest absolute Gasteiger partial charge is 0.497 e. The van der Waals surface area contributed by atoms with E-state index >= 15 is 0 Å². The molecule has 104 valence electrons. The van der Waals surface area contributed by atoms with Crippen molar-refractivity contribution in [2.75, 3.05) is 7.11 Å². The van der Waals surface area contributed by atoms with E-state index in [-0.39, 0.29) is 11.5 Å². The highest BCUT2D eigenvalue weighted by atomic mass is 16.5. The molecule has 0 atom stereocenters. The summed E-state index contributed by atoms with van der Waals surface area (Å²) in [5, 5.41) is 7.87. The molecular weight excluding hydrogens is 268 g/mol. The van der Waals surface area contributed by atoms with E-state index in [4.69, 9.17) is 4.74 Å². The standard InChI is InChI=1S/C15H12N4O2/c1-21-12-7-5-11(6-8-12)19-10-14(17-18-19)15(20)13-4-2-3-9-16-13/h2-10H,1H3. The fourth-order valence-corrected chi connectivity index (χ4v) is 1.86. The minimum Gasteiger partial charge on any atom is -0.497 e. The van der Waals surface area contributed by atoms with Gasteiger partial charge in [0.1, 0.15) is 11.4 Å². The third kappa shape index (κ3) is 2.64. The molecule has 3 aromatic rings. The molecule has 0 radical (unpaired) electrons. The molecule has 6 heteroatoms. The molecule has 0 unspecified atom stereocenters. The van der Waals surface area contributed by atoms with Crippen LogP contribution in [0.2, 0.25) is 0 Å². The lowest BCUT2D eigenvalue weighted by atomic mass is 10.2. The number of methoxy groups -OCH3 is 1. The number of carbonyl (C=O) groups excluding carboxylic acids is 1. The smallest absolute Gasteiger partial charge is 0.233 e. The Balaban J connectivity index is 1.87. The molecule has 0 bridgehead atoms. The summed E-state index contributed by atoms with van der Waals surface area (Å²) < 4.78 is 6.64. The van der Waals surface area contributed by atoms with Crippen molar-refractivity contribution in [3.05, 3.63) is 66.2 Å². The highest BCUT2D eigenvalue weighted by Crippen LogP contribution is 2.14. The fraction of sp³-hybridized carbons (Fsp3) is 0.0667. The van der Waals surface area contributed by atoms with Crippen LogP contribution in [0.3, 0.4) is 0 Å². The summed E-state index contributed by atoms with van der Waals surface area (Å²) in [4.78, 5) is 16.2. The van der Waals surface area contributed by atoms with Crippen molar-refractivity contribution >= 4 is 5.78 Å². The van der Waals surface area contributed by atoms with Crippen molar-refractivity contribution in [3.8, 4) is 11.4 Å². The molecule has 3 rings (SSSR count). The minimum absolute atomic E-state index is 0.254. The average molecular weight is 280 g/mol. The topological polar surface area (TPSA) is 69.9 Å². The van der Waals surface area contributed by atoms with E-state index in [0.717, 1.165) is 11.4 Å². The Morgan fingerprint density at radius 1 is 1.10 bits per heavy atom. The maximum absolute atomic E-state index is 12.2. The summed E-state index contributed by atoms with van der Waals surface area (Å²) >= 11 is 0. The van der Waals surface area contributed by atoms with Gasteiger partial charge in [0, 0.05) is 6.20 Å². The Hall–Kier alpha value is -3.02. The lowest BCUT2D eigenvalue weighted by molar-refractivity contribution is 0.102. The molecule has 0 amide bonds. The predicted octanol–water partition coefficient (Wildman–Crippen LogP) is 1.90. The first-order valence-corrected chi connectivity index (χ1v) is 6.30. The average Bonchev–Trinajstić information content (AvgIpc) is 3.05. The second-order valence-electron chi connectivity index (χ2n) is 4.29. The second-order valence-corrected chi connectivity index (χ2v) is 4.29. The molecule has 0 saturated heterocycles. The molecule has 6 nitrogen and oxygen atoms in total. The summed E-state index contributed by atoms with van der Waals surface area (Å²) in [5.41, 5.74) is 1.40. The Bertz CT molecular complexity index is 751. The van der Waals surface area contributed by atoms with Crippen molar-refractivity contribution in [1.82, 2.24) is 20.0 Å². The van der Waals surface area contributed by atoms with Gasteiger partial charge in [-0.25, -0.2) is 4.68 Å². The van der Waals surface area contributed by atoms with E-state index in [1.54, 1.807) is 37.7 Å². The van der Waals surface area contributed by atoms with E-state index in [1.807, 2.05) is 24.3 Å². The summed E-state index contributed by atoms with van der Waals surface area (Å²) in [6.07, 6.45) is 3.15. The Kier molecular flexibility index (Phi) is 3.42. The van der Waals surface area contributed by atoms with E-state index < -0.39 is 0 Å². The van der Waals surface area contributed by atoms with Crippen molar-refractivity contribution in [3.63, 3.8) is 0 Å². The molecule has 0 aliphatic heterocycles.